The summed E-state index contributed by atoms with van der Waals surface area (Å²) in [4.78, 5) is 37.9. The maximum Gasteiger partial charge on any atom is 0.328 e. The predicted octanol–water partition coefficient (Wildman–Crippen LogP) is 3.38. The molecule has 1 fully saturated rings. The Hall–Kier alpha value is -2.11. The van der Waals surface area contributed by atoms with Crippen molar-refractivity contribution in [2.75, 3.05) is 7.11 Å². The second kappa shape index (κ2) is 10.1. The van der Waals surface area contributed by atoms with Crippen molar-refractivity contribution in [1.82, 2.24) is 9.88 Å². The molecule has 1 aromatic rings. The number of carbonyl (C=O) groups is 2. The molecule has 1 aromatic heterocycles. The van der Waals surface area contributed by atoms with Gasteiger partial charge >= 0.3 is 5.97 Å². The summed E-state index contributed by atoms with van der Waals surface area (Å²) in [7, 11) is 1.29. The van der Waals surface area contributed by atoms with Gasteiger partial charge in [0, 0.05) is 12.2 Å². The summed E-state index contributed by atoms with van der Waals surface area (Å²) < 4.78 is 6.58. The number of rotatable bonds is 5. The fourth-order valence-electron chi connectivity index (χ4n) is 4.73. The Balaban J connectivity index is 1.96. The first kappa shape index (κ1) is 21.6. The van der Waals surface area contributed by atoms with Gasteiger partial charge in [0.1, 0.15) is 11.6 Å². The number of fused-ring (bicyclic) bond motifs is 1. The molecule has 1 saturated carbocycles. The summed E-state index contributed by atoms with van der Waals surface area (Å²) in [5.74, 6) is -0.509. The predicted molar refractivity (Wildman–Crippen MR) is 112 cm³/mol. The van der Waals surface area contributed by atoms with E-state index in [9.17, 15) is 14.4 Å². The number of carbonyl (C=O) groups excluding carboxylic acids is 2. The van der Waals surface area contributed by atoms with Crippen LogP contribution in [-0.4, -0.2) is 29.6 Å². The molecule has 0 spiro atoms. The Bertz CT molecular complexity index is 793. The van der Waals surface area contributed by atoms with Crippen LogP contribution < -0.4 is 10.9 Å². The zero-order valence-electron chi connectivity index (χ0n) is 17.8. The highest BCUT2D eigenvalue weighted by Crippen LogP contribution is 2.27. The van der Waals surface area contributed by atoms with E-state index in [1.807, 2.05) is 4.57 Å². The average Bonchev–Trinajstić information content (AvgIpc) is 2.71. The van der Waals surface area contributed by atoms with Crippen molar-refractivity contribution in [3.63, 3.8) is 0 Å². The average molecular weight is 403 g/mol. The van der Waals surface area contributed by atoms with E-state index in [0.717, 1.165) is 49.8 Å². The number of aryl methyl sites for hydroxylation is 1. The molecule has 6 heteroatoms. The molecule has 1 N–H and O–H groups in total. The molecule has 2 aliphatic rings. The first-order chi connectivity index (χ1) is 14.0. The second-order valence-corrected chi connectivity index (χ2v) is 8.58. The van der Waals surface area contributed by atoms with Crippen molar-refractivity contribution in [1.29, 1.82) is 0 Å². The van der Waals surface area contributed by atoms with Gasteiger partial charge in [0.05, 0.1) is 7.11 Å². The summed E-state index contributed by atoms with van der Waals surface area (Å²) in [5, 5.41) is 2.63. The van der Waals surface area contributed by atoms with E-state index >= 15 is 0 Å². The van der Waals surface area contributed by atoms with Crippen LogP contribution in [0, 0.1) is 5.92 Å². The quantitative estimate of drug-likeness (QED) is 0.766. The third-order valence-corrected chi connectivity index (χ3v) is 6.41. The van der Waals surface area contributed by atoms with Gasteiger partial charge in [-0.25, -0.2) is 4.79 Å². The van der Waals surface area contributed by atoms with Crippen molar-refractivity contribution < 1.29 is 14.3 Å². The topological polar surface area (TPSA) is 77.4 Å². The van der Waals surface area contributed by atoms with Crippen LogP contribution in [0.1, 0.15) is 86.3 Å². The summed E-state index contributed by atoms with van der Waals surface area (Å²) in [5.41, 5.74) is 2.18. The number of pyridine rings is 1. The molecule has 0 radical (unpaired) electrons. The molecule has 1 atom stereocenters. The summed E-state index contributed by atoms with van der Waals surface area (Å²) in [6.45, 7) is 2.27. The number of nitrogens with one attached hydrogen (secondary N) is 1. The third kappa shape index (κ3) is 5.28. The molecular formula is C23H34N2O4. The highest BCUT2D eigenvalue weighted by Gasteiger charge is 2.25. The molecule has 3 rings (SSSR count). The minimum Gasteiger partial charge on any atom is -0.467 e. The van der Waals surface area contributed by atoms with Gasteiger partial charge in [-0.1, -0.05) is 32.1 Å². The zero-order valence-corrected chi connectivity index (χ0v) is 17.8. The van der Waals surface area contributed by atoms with Crippen LogP contribution in [0.2, 0.25) is 0 Å². The van der Waals surface area contributed by atoms with Crippen LogP contribution in [0.4, 0.5) is 0 Å². The molecule has 0 aromatic carbocycles. The van der Waals surface area contributed by atoms with E-state index < -0.39 is 17.9 Å². The largest absolute Gasteiger partial charge is 0.467 e. The van der Waals surface area contributed by atoms with E-state index in [-0.39, 0.29) is 11.1 Å². The summed E-state index contributed by atoms with van der Waals surface area (Å²) in [6.07, 6.45) is 12.3. The normalized spacial score (nSPS) is 18.8. The van der Waals surface area contributed by atoms with Crippen LogP contribution in [-0.2, 0) is 28.9 Å². The molecule has 1 unspecified atom stereocenters. The molecular weight excluding hydrogens is 368 g/mol. The van der Waals surface area contributed by atoms with E-state index in [4.69, 9.17) is 0 Å². The number of aromatic nitrogens is 1. The molecule has 2 aliphatic carbocycles. The number of methoxy groups -OCH3 is 1. The highest BCUT2D eigenvalue weighted by atomic mass is 16.5. The van der Waals surface area contributed by atoms with Gasteiger partial charge < -0.3 is 14.6 Å². The van der Waals surface area contributed by atoms with E-state index in [0.29, 0.717) is 12.5 Å². The molecule has 1 amide bonds. The Morgan fingerprint density at radius 1 is 1.10 bits per heavy atom. The van der Waals surface area contributed by atoms with Gasteiger partial charge in [-0.3, -0.25) is 9.59 Å². The van der Waals surface area contributed by atoms with Gasteiger partial charge in [0.25, 0.3) is 11.5 Å². The number of nitrogens with zero attached hydrogens (tertiary/aromatic N) is 1. The molecule has 29 heavy (non-hydrogen) atoms. The number of hydrogen-bond acceptors (Lipinski definition) is 4. The van der Waals surface area contributed by atoms with Gasteiger partial charge in [-0.15, -0.1) is 0 Å². The van der Waals surface area contributed by atoms with Crippen molar-refractivity contribution in [2.45, 2.75) is 90.1 Å². The van der Waals surface area contributed by atoms with Gasteiger partial charge in [0.15, 0.2) is 0 Å². The molecule has 0 aliphatic heterocycles. The lowest BCUT2D eigenvalue weighted by Gasteiger charge is -2.26. The maximum atomic E-state index is 13.4. The number of esters is 1. The van der Waals surface area contributed by atoms with Gasteiger partial charge in [-0.05, 0) is 63.0 Å². The number of ether oxygens (including phenoxy) is 1. The fraction of sp³-hybridized carbons (Fsp3) is 0.696. The standard InChI is InChI=1S/C23H34N2O4/c1-16(23(28)29-2)24-21(26)19-14-18-12-8-3-4-9-13-20(18)25(22(19)27)15-17-10-6-5-7-11-17/h14,16-17H,3-13,15H2,1-2H3,(H,24,26). The molecule has 0 bridgehead atoms. The number of amides is 1. The lowest BCUT2D eigenvalue weighted by atomic mass is 9.88. The third-order valence-electron chi connectivity index (χ3n) is 6.41. The van der Waals surface area contributed by atoms with Crippen LogP contribution in [0.15, 0.2) is 10.9 Å². The molecule has 0 saturated heterocycles. The molecule has 1 heterocycles. The first-order valence-corrected chi connectivity index (χ1v) is 11.2. The number of hydrogen-bond donors (Lipinski definition) is 1. The highest BCUT2D eigenvalue weighted by molar-refractivity contribution is 5.96. The Morgan fingerprint density at radius 2 is 1.76 bits per heavy atom. The fourth-order valence-corrected chi connectivity index (χ4v) is 4.73. The first-order valence-electron chi connectivity index (χ1n) is 11.2. The van der Waals surface area contributed by atoms with Crippen molar-refractivity contribution in [3.8, 4) is 0 Å². The second-order valence-electron chi connectivity index (χ2n) is 8.58. The van der Waals surface area contributed by atoms with Gasteiger partial charge in [-0.2, -0.15) is 0 Å². The van der Waals surface area contributed by atoms with Gasteiger partial charge in [0.2, 0.25) is 0 Å². The smallest absolute Gasteiger partial charge is 0.328 e. The van der Waals surface area contributed by atoms with Crippen LogP contribution >= 0.6 is 0 Å². The zero-order chi connectivity index (χ0) is 20.8. The SMILES string of the molecule is COC(=O)C(C)NC(=O)c1cc2c(n(CC3CCCCC3)c1=O)CCCCCC2. The van der Waals surface area contributed by atoms with E-state index in [2.05, 4.69) is 10.1 Å². The Labute approximate surface area is 173 Å². The van der Waals surface area contributed by atoms with Crippen LogP contribution in [0.25, 0.3) is 0 Å². The van der Waals surface area contributed by atoms with Crippen LogP contribution in [0.3, 0.4) is 0 Å². The van der Waals surface area contributed by atoms with Crippen LogP contribution in [0.5, 0.6) is 0 Å². The monoisotopic (exact) mass is 402 g/mol. The van der Waals surface area contributed by atoms with E-state index in [1.165, 1.54) is 39.2 Å². The lowest BCUT2D eigenvalue weighted by molar-refractivity contribution is -0.142. The molecule has 6 nitrogen and oxygen atoms in total. The summed E-state index contributed by atoms with van der Waals surface area (Å²) in [6, 6.07) is 0.986. The lowest BCUT2D eigenvalue weighted by Crippen LogP contribution is -2.43. The van der Waals surface area contributed by atoms with E-state index in [1.54, 1.807) is 13.0 Å². The summed E-state index contributed by atoms with van der Waals surface area (Å²) >= 11 is 0. The Kier molecular flexibility index (Phi) is 7.51. The van der Waals surface area contributed by atoms with Crippen molar-refractivity contribution in [2.24, 2.45) is 5.92 Å². The maximum absolute atomic E-state index is 13.4. The van der Waals surface area contributed by atoms with Crippen molar-refractivity contribution >= 4 is 11.9 Å². The van der Waals surface area contributed by atoms with Crippen molar-refractivity contribution in [3.05, 3.63) is 33.2 Å². The minimum absolute atomic E-state index is 0.149. The minimum atomic E-state index is -0.791. The Morgan fingerprint density at radius 3 is 2.45 bits per heavy atom. The molecule has 160 valence electrons.